The van der Waals surface area contributed by atoms with Crippen LogP contribution >= 0.6 is 0 Å². The molecule has 3 nitrogen and oxygen atoms in total. The molecule has 3 heteroatoms. The van der Waals surface area contributed by atoms with Crippen molar-refractivity contribution in [3.8, 4) is 0 Å². The van der Waals surface area contributed by atoms with E-state index in [0.29, 0.717) is 0 Å². The molecule has 0 radical (unpaired) electrons. The summed E-state index contributed by atoms with van der Waals surface area (Å²) in [7, 11) is 0. The van der Waals surface area contributed by atoms with Gasteiger partial charge in [-0.1, -0.05) is 32.6 Å². The lowest BCUT2D eigenvalue weighted by Gasteiger charge is -2.13. The van der Waals surface area contributed by atoms with E-state index in [9.17, 15) is 4.79 Å². The van der Waals surface area contributed by atoms with Crippen LogP contribution in [0, 0.1) is 5.92 Å². The van der Waals surface area contributed by atoms with Crippen LogP contribution in [0.1, 0.15) is 51.9 Å². The molecule has 1 fully saturated rings. The molecule has 15 heavy (non-hydrogen) atoms. The molecule has 0 spiro atoms. The van der Waals surface area contributed by atoms with Gasteiger partial charge in [0.2, 0.25) is 0 Å². The second-order valence-electron chi connectivity index (χ2n) is 4.59. The quantitative estimate of drug-likeness (QED) is 0.578. The van der Waals surface area contributed by atoms with Crippen LogP contribution in [0.3, 0.4) is 0 Å². The normalized spacial score (nSPS) is 17.7. The van der Waals surface area contributed by atoms with E-state index in [1.54, 1.807) is 0 Å². The highest BCUT2D eigenvalue weighted by atomic mass is 16.4. The van der Waals surface area contributed by atoms with Gasteiger partial charge in [-0.15, -0.1) is 0 Å². The monoisotopic (exact) mass is 213 g/mol. The third-order valence-electron chi connectivity index (χ3n) is 2.99. The van der Waals surface area contributed by atoms with Crippen molar-refractivity contribution < 1.29 is 9.90 Å². The maximum absolute atomic E-state index is 10.9. The van der Waals surface area contributed by atoms with Crippen LogP contribution in [0.5, 0.6) is 0 Å². The van der Waals surface area contributed by atoms with Crippen molar-refractivity contribution in [3.05, 3.63) is 0 Å². The van der Waals surface area contributed by atoms with Crippen LogP contribution in [0.4, 0.5) is 0 Å². The second kappa shape index (κ2) is 6.83. The molecule has 0 aliphatic heterocycles. The van der Waals surface area contributed by atoms with E-state index in [2.05, 4.69) is 12.2 Å². The van der Waals surface area contributed by atoms with Crippen molar-refractivity contribution in [2.45, 2.75) is 57.9 Å². The summed E-state index contributed by atoms with van der Waals surface area (Å²) in [5.74, 6) is 0.0645. The Balaban J connectivity index is 2.08. The summed E-state index contributed by atoms with van der Waals surface area (Å²) in [6.45, 7) is 3.06. The van der Waals surface area contributed by atoms with Gasteiger partial charge in [-0.25, -0.2) is 0 Å². The van der Waals surface area contributed by atoms with E-state index < -0.39 is 5.97 Å². The van der Waals surface area contributed by atoms with Gasteiger partial charge >= 0.3 is 5.97 Å². The average Bonchev–Trinajstić information content (AvgIpc) is 3.00. The van der Waals surface area contributed by atoms with E-state index >= 15 is 0 Å². The zero-order valence-electron chi connectivity index (χ0n) is 9.67. The van der Waals surface area contributed by atoms with Gasteiger partial charge in [0.05, 0.1) is 0 Å². The van der Waals surface area contributed by atoms with Crippen molar-refractivity contribution >= 4 is 5.97 Å². The standard InChI is InChI=1S/C12H23NO2/c1-2-3-4-5-6-11(12(14)15)13-9-10-7-8-10/h10-11,13H,2-9H2,1H3,(H,14,15). The topological polar surface area (TPSA) is 49.3 Å². The molecule has 1 unspecified atom stereocenters. The van der Waals surface area contributed by atoms with Gasteiger partial charge < -0.3 is 10.4 Å². The highest BCUT2D eigenvalue weighted by Gasteiger charge is 2.24. The SMILES string of the molecule is CCCCCCC(NCC1CC1)C(=O)O. The minimum Gasteiger partial charge on any atom is -0.480 e. The summed E-state index contributed by atoms with van der Waals surface area (Å²) in [6, 6.07) is -0.317. The highest BCUT2D eigenvalue weighted by Crippen LogP contribution is 2.27. The summed E-state index contributed by atoms with van der Waals surface area (Å²) in [6.07, 6.45) is 7.93. The van der Waals surface area contributed by atoms with Gasteiger partial charge in [-0.05, 0) is 31.7 Å². The Hall–Kier alpha value is -0.570. The number of carbonyl (C=O) groups is 1. The fourth-order valence-corrected chi connectivity index (χ4v) is 1.72. The number of carboxylic acids is 1. The minimum absolute atomic E-state index is 0.317. The predicted octanol–water partition coefficient (Wildman–Crippen LogP) is 2.41. The number of hydrogen-bond acceptors (Lipinski definition) is 2. The Labute approximate surface area is 92.3 Å². The van der Waals surface area contributed by atoms with E-state index in [4.69, 9.17) is 5.11 Å². The zero-order valence-corrected chi connectivity index (χ0v) is 9.67. The molecular formula is C12H23NO2. The molecule has 1 aliphatic rings. The summed E-state index contributed by atoms with van der Waals surface area (Å²) in [5.41, 5.74) is 0. The zero-order chi connectivity index (χ0) is 11.1. The lowest BCUT2D eigenvalue weighted by molar-refractivity contribution is -0.139. The molecule has 0 aromatic rings. The number of rotatable bonds is 9. The van der Waals surface area contributed by atoms with Gasteiger partial charge in [0.15, 0.2) is 0 Å². The Kier molecular flexibility index (Phi) is 5.69. The van der Waals surface area contributed by atoms with Crippen LogP contribution in [0.15, 0.2) is 0 Å². The van der Waals surface area contributed by atoms with Crippen molar-refractivity contribution in [1.82, 2.24) is 5.32 Å². The molecule has 1 atom stereocenters. The number of aliphatic carboxylic acids is 1. The van der Waals surface area contributed by atoms with E-state index in [1.807, 2.05) is 0 Å². The minimum atomic E-state index is -0.688. The first-order valence-electron chi connectivity index (χ1n) is 6.20. The van der Waals surface area contributed by atoms with Crippen molar-refractivity contribution in [3.63, 3.8) is 0 Å². The average molecular weight is 213 g/mol. The second-order valence-corrected chi connectivity index (χ2v) is 4.59. The van der Waals surface area contributed by atoms with Gasteiger partial charge in [-0.3, -0.25) is 4.79 Å². The molecule has 0 amide bonds. The summed E-state index contributed by atoms with van der Waals surface area (Å²) < 4.78 is 0. The summed E-state index contributed by atoms with van der Waals surface area (Å²) >= 11 is 0. The Morgan fingerprint density at radius 2 is 2.13 bits per heavy atom. The molecule has 88 valence electrons. The van der Waals surface area contributed by atoms with Gasteiger partial charge in [0, 0.05) is 0 Å². The van der Waals surface area contributed by atoms with Crippen LogP contribution in [-0.4, -0.2) is 23.7 Å². The molecular weight excluding hydrogens is 190 g/mol. The third-order valence-corrected chi connectivity index (χ3v) is 2.99. The van der Waals surface area contributed by atoms with E-state index in [-0.39, 0.29) is 6.04 Å². The molecule has 1 saturated carbocycles. The maximum atomic E-state index is 10.9. The van der Waals surface area contributed by atoms with Crippen LogP contribution < -0.4 is 5.32 Å². The molecule has 1 aliphatic carbocycles. The molecule has 2 N–H and O–H groups in total. The Morgan fingerprint density at radius 1 is 1.40 bits per heavy atom. The van der Waals surface area contributed by atoms with Gasteiger partial charge in [0.25, 0.3) is 0 Å². The fourth-order valence-electron chi connectivity index (χ4n) is 1.72. The third kappa shape index (κ3) is 5.78. The first-order chi connectivity index (χ1) is 7.24. The highest BCUT2D eigenvalue weighted by molar-refractivity contribution is 5.73. The maximum Gasteiger partial charge on any atom is 0.320 e. The lowest BCUT2D eigenvalue weighted by Crippen LogP contribution is -2.37. The molecule has 0 saturated heterocycles. The Bertz CT molecular complexity index is 190. The summed E-state index contributed by atoms with van der Waals surface area (Å²) in [4.78, 5) is 10.9. The first kappa shape index (κ1) is 12.5. The largest absolute Gasteiger partial charge is 0.480 e. The number of unbranched alkanes of at least 4 members (excludes halogenated alkanes) is 3. The van der Waals surface area contributed by atoms with Crippen molar-refractivity contribution in [1.29, 1.82) is 0 Å². The lowest BCUT2D eigenvalue weighted by atomic mass is 10.1. The van der Waals surface area contributed by atoms with E-state index in [0.717, 1.165) is 31.7 Å². The van der Waals surface area contributed by atoms with Crippen LogP contribution in [0.2, 0.25) is 0 Å². The number of carboxylic acid groups (broad SMARTS) is 1. The molecule has 0 heterocycles. The molecule has 0 bridgehead atoms. The van der Waals surface area contributed by atoms with Gasteiger partial charge in [0.1, 0.15) is 6.04 Å². The van der Waals surface area contributed by atoms with Crippen LogP contribution in [0.25, 0.3) is 0 Å². The first-order valence-corrected chi connectivity index (χ1v) is 6.20. The van der Waals surface area contributed by atoms with Crippen LogP contribution in [-0.2, 0) is 4.79 Å². The molecule has 0 aromatic heterocycles. The fraction of sp³-hybridized carbons (Fsp3) is 0.917. The Morgan fingerprint density at radius 3 is 2.67 bits per heavy atom. The molecule has 0 aromatic carbocycles. The number of nitrogens with one attached hydrogen (secondary N) is 1. The molecule has 1 rings (SSSR count). The smallest absolute Gasteiger partial charge is 0.320 e. The number of hydrogen-bond donors (Lipinski definition) is 2. The van der Waals surface area contributed by atoms with E-state index in [1.165, 1.54) is 25.7 Å². The van der Waals surface area contributed by atoms with Gasteiger partial charge in [-0.2, -0.15) is 0 Å². The van der Waals surface area contributed by atoms with Crippen molar-refractivity contribution in [2.24, 2.45) is 5.92 Å². The summed E-state index contributed by atoms with van der Waals surface area (Å²) in [5, 5.41) is 12.2. The van der Waals surface area contributed by atoms with Crippen molar-refractivity contribution in [2.75, 3.05) is 6.54 Å². The predicted molar refractivity (Wildman–Crippen MR) is 60.9 cm³/mol.